The van der Waals surface area contributed by atoms with Crippen LogP contribution in [-0.4, -0.2) is 26.2 Å². The lowest BCUT2D eigenvalue weighted by Gasteiger charge is -2.15. The summed E-state index contributed by atoms with van der Waals surface area (Å²) in [6.07, 6.45) is 3.92. The second-order valence-electron chi connectivity index (χ2n) is 8.52. The van der Waals surface area contributed by atoms with Gasteiger partial charge in [-0.3, -0.25) is 4.79 Å². The van der Waals surface area contributed by atoms with E-state index in [0.29, 0.717) is 30.9 Å². The number of halogens is 1. The van der Waals surface area contributed by atoms with Crippen molar-refractivity contribution in [2.24, 2.45) is 0 Å². The van der Waals surface area contributed by atoms with Gasteiger partial charge in [0.05, 0.1) is 20.0 Å². The predicted molar refractivity (Wildman–Crippen MR) is 141 cm³/mol. The molecule has 0 atom stereocenters. The van der Waals surface area contributed by atoms with Gasteiger partial charge in [0.1, 0.15) is 22.9 Å². The first-order valence-corrected chi connectivity index (χ1v) is 11.9. The number of carbonyl (C=O) groups excluding carboxylic acids is 1. The van der Waals surface area contributed by atoms with Crippen molar-refractivity contribution in [2.75, 3.05) is 20.3 Å². The summed E-state index contributed by atoms with van der Waals surface area (Å²) in [5.74, 6) is 1.01. The number of methoxy groups -OCH3 is 1. The van der Waals surface area contributed by atoms with Crippen LogP contribution < -0.4 is 14.8 Å². The third kappa shape index (κ3) is 5.28. The summed E-state index contributed by atoms with van der Waals surface area (Å²) >= 11 is 0. The van der Waals surface area contributed by atoms with Crippen LogP contribution in [0.4, 0.5) is 4.39 Å². The molecule has 6 heteroatoms. The van der Waals surface area contributed by atoms with Crippen LogP contribution in [0.15, 0.2) is 71.4 Å². The maximum Gasteiger partial charge on any atom is 0.244 e. The van der Waals surface area contributed by atoms with Crippen LogP contribution >= 0.6 is 0 Å². The number of carbonyl (C=O) groups is 1. The molecule has 0 radical (unpaired) electrons. The molecule has 1 amide bonds. The third-order valence-corrected chi connectivity index (χ3v) is 6.15. The summed E-state index contributed by atoms with van der Waals surface area (Å²) in [5.41, 5.74) is 5.87. The van der Waals surface area contributed by atoms with E-state index in [4.69, 9.17) is 13.9 Å². The van der Waals surface area contributed by atoms with E-state index in [9.17, 15) is 9.18 Å². The standard InChI is InChI=1S/C30H30FNO4/c1-5-35-29-20(3)30-25(26(18-36-30)21-10-12-23(31)13-11-21)17-24(29)19(2)16-28(33)32-15-14-22-8-6-7-9-27(22)34-4/h6-13,16-18H,5,14-15H2,1-4H3,(H,32,33)/b19-16+. The Kier molecular flexibility index (Phi) is 7.74. The molecule has 0 fully saturated rings. The fraction of sp³-hybridized carbons (Fsp3) is 0.233. The second-order valence-corrected chi connectivity index (χ2v) is 8.52. The van der Waals surface area contributed by atoms with Crippen molar-refractivity contribution in [3.8, 4) is 22.6 Å². The Labute approximate surface area is 210 Å². The molecule has 0 aliphatic heterocycles. The summed E-state index contributed by atoms with van der Waals surface area (Å²) < 4.78 is 30.7. The number of amides is 1. The van der Waals surface area contributed by atoms with Crippen LogP contribution in [0, 0.1) is 12.7 Å². The Bertz CT molecular complexity index is 1400. The molecule has 4 rings (SSSR count). The van der Waals surface area contributed by atoms with E-state index in [1.165, 1.54) is 12.1 Å². The minimum absolute atomic E-state index is 0.187. The summed E-state index contributed by atoms with van der Waals surface area (Å²) in [4.78, 5) is 12.7. The van der Waals surface area contributed by atoms with Crippen LogP contribution in [-0.2, 0) is 11.2 Å². The zero-order valence-electron chi connectivity index (χ0n) is 21.0. The first-order chi connectivity index (χ1) is 17.4. The molecule has 0 aliphatic rings. The van der Waals surface area contributed by atoms with Gasteiger partial charge in [0.15, 0.2) is 0 Å². The smallest absolute Gasteiger partial charge is 0.244 e. The van der Waals surface area contributed by atoms with Crippen molar-refractivity contribution in [1.29, 1.82) is 0 Å². The van der Waals surface area contributed by atoms with Crippen molar-refractivity contribution < 1.29 is 23.1 Å². The maximum absolute atomic E-state index is 13.5. The molecule has 1 N–H and O–H groups in total. The van der Waals surface area contributed by atoms with E-state index in [-0.39, 0.29) is 11.7 Å². The van der Waals surface area contributed by atoms with Gasteiger partial charge in [-0.2, -0.15) is 0 Å². The average Bonchev–Trinajstić information content (AvgIpc) is 3.30. The molecule has 0 saturated carbocycles. The van der Waals surface area contributed by atoms with Crippen LogP contribution in [0.5, 0.6) is 11.5 Å². The third-order valence-electron chi connectivity index (χ3n) is 6.15. The Hall–Kier alpha value is -4.06. The van der Waals surface area contributed by atoms with Crippen LogP contribution in [0.25, 0.3) is 27.7 Å². The van der Waals surface area contributed by atoms with Crippen LogP contribution in [0.3, 0.4) is 0 Å². The van der Waals surface area contributed by atoms with E-state index in [1.54, 1.807) is 31.6 Å². The van der Waals surface area contributed by atoms with Crippen LogP contribution in [0.1, 0.15) is 30.5 Å². The largest absolute Gasteiger partial charge is 0.496 e. The predicted octanol–water partition coefficient (Wildman–Crippen LogP) is 6.72. The van der Waals surface area contributed by atoms with Gasteiger partial charge in [0.2, 0.25) is 5.91 Å². The van der Waals surface area contributed by atoms with Gasteiger partial charge in [-0.25, -0.2) is 4.39 Å². The quantitative estimate of drug-likeness (QED) is 0.266. The van der Waals surface area contributed by atoms with Crippen molar-refractivity contribution in [1.82, 2.24) is 5.32 Å². The molecule has 3 aromatic carbocycles. The van der Waals surface area contributed by atoms with Gasteiger partial charge in [-0.1, -0.05) is 30.3 Å². The molecule has 0 spiro atoms. The van der Waals surface area contributed by atoms with Gasteiger partial charge in [-0.15, -0.1) is 0 Å². The summed E-state index contributed by atoms with van der Waals surface area (Å²) in [5, 5.41) is 3.83. The van der Waals surface area contributed by atoms with E-state index in [1.807, 2.05) is 51.1 Å². The van der Waals surface area contributed by atoms with Crippen molar-refractivity contribution in [3.05, 3.63) is 89.4 Å². The van der Waals surface area contributed by atoms with Crippen molar-refractivity contribution in [2.45, 2.75) is 27.2 Å². The lowest BCUT2D eigenvalue weighted by Crippen LogP contribution is -2.24. The minimum atomic E-state index is -0.294. The summed E-state index contributed by atoms with van der Waals surface area (Å²) in [6, 6.07) is 16.0. The van der Waals surface area contributed by atoms with Gasteiger partial charge < -0.3 is 19.2 Å². The average molecular weight is 488 g/mol. The molecular formula is C30H30FNO4. The van der Waals surface area contributed by atoms with Gasteiger partial charge >= 0.3 is 0 Å². The Balaban J connectivity index is 1.62. The topological polar surface area (TPSA) is 60.7 Å². The maximum atomic E-state index is 13.5. The van der Waals surface area contributed by atoms with Crippen LogP contribution in [0.2, 0.25) is 0 Å². The Morgan fingerprint density at radius 2 is 1.89 bits per heavy atom. The number of ether oxygens (including phenoxy) is 2. The summed E-state index contributed by atoms with van der Waals surface area (Å²) in [7, 11) is 1.64. The lowest BCUT2D eigenvalue weighted by atomic mass is 9.96. The number of allylic oxidation sites excluding steroid dienone is 1. The first kappa shape index (κ1) is 25.0. The van der Waals surface area contributed by atoms with Gasteiger partial charge in [0, 0.05) is 34.7 Å². The zero-order chi connectivity index (χ0) is 25.7. The number of hydrogen-bond acceptors (Lipinski definition) is 4. The minimum Gasteiger partial charge on any atom is -0.496 e. The molecule has 1 aromatic heterocycles. The van der Waals surface area contributed by atoms with Gasteiger partial charge in [0.25, 0.3) is 0 Å². The molecule has 1 heterocycles. The number of benzene rings is 3. The number of furan rings is 1. The lowest BCUT2D eigenvalue weighted by molar-refractivity contribution is -0.116. The second kappa shape index (κ2) is 11.1. The van der Waals surface area contributed by atoms with E-state index < -0.39 is 0 Å². The fourth-order valence-corrected chi connectivity index (χ4v) is 4.35. The molecule has 36 heavy (non-hydrogen) atoms. The highest BCUT2D eigenvalue weighted by Gasteiger charge is 2.19. The number of hydrogen-bond donors (Lipinski definition) is 1. The molecule has 0 saturated heterocycles. The van der Waals surface area contributed by atoms with Gasteiger partial charge in [-0.05, 0) is 68.2 Å². The fourth-order valence-electron chi connectivity index (χ4n) is 4.35. The molecule has 0 aliphatic carbocycles. The van der Waals surface area contributed by atoms with E-state index in [0.717, 1.165) is 44.5 Å². The highest BCUT2D eigenvalue weighted by molar-refractivity contribution is 6.01. The Morgan fingerprint density at radius 3 is 2.61 bits per heavy atom. The summed E-state index contributed by atoms with van der Waals surface area (Å²) in [6.45, 7) is 6.71. The Morgan fingerprint density at radius 1 is 1.14 bits per heavy atom. The first-order valence-electron chi connectivity index (χ1n) is 11.9. The monoisotopic (exact) mass is 487 g/mol. The molecule has 0 bridgehead atoms. The van der Waals surface area contributed by atoms with Crippen molar-refractivity contribution in [3.63, 3.8) is 0 Å². The highest BCUT2D eigenvalue weighted by atomic mass is 19.1. The number of rotatable bonds is 9. The normalized spacial score (nSPS) is 11.5. The SMILES string of the molecule is CCOc1c(/C(C)=C/C(=O)NCCc2ccccc2OC)cc2c(-c3ccc(F)cc3)coc2c1C. The molecule has 4 aromatic rings. The highest BCUT2D eigenvalue weighted by Crippen LogP contribution is 2.40. The number of para-hydroxylation sites is 1. The van der Waals surface area contributed by atoms with E-state index in [2.05, 4.69) is 5.32 Å². The number of fused-ring (bicyclic) bond motifs is 1. The molecular weight excluding hydrogens is 457 g/mol. The van der Waals surface area contributed by atoms with E-state index >= 15 is 0 Å². The van der Waals surface area contributed by atoms with Crippen molar-refractivity contribution >= 4 is 22.4 Å². The molecule has 186 valence electrons. The number of nitrogens with one attached hydrogen (secondary N) is 1. The zero-order valence-corrected chi connectivity index (χ0v) is 21.0. The molecule has 0 unspecified atom stereocenters. The molecule has 5 nitrogen and oxygen atoms in total. The number of aryl methyl sites for hydroxylation is 1.